The zero-order chi connectivity index (χ0) is 18.5. The molecule has 26 heavy (non-hydrogen) atoms. The van der Waals surface area contributed by atoms with Gasteiger partial charge in [0.05, 0.1) is 0 Å². The van der Waals surface area contributed by atoms with Gasteiger partial charge in [-0.15, -0.1) is 11.3 Å². The van der Waals surface area contributed by atoms with Crippen molar-refractivity contribution in [1.82, 2.24) is 15.2 Å². The number of rotatable bonds is 5. The molecule has 3 rings (SSSR count). The quantitative estimate of drug-likeness (QED) is 0.758. The van der Waals surface area contributed by atoms with Gasteiger partial charge in [0.2, 0.25) is 0 Å². The van der Waals surface area contributed by atoms with Gasteiger partial charge >= 0.3 is 0 Å². The number of carbonyl (C=O) groups is 1. The Hall–Kier alpha value is -1.69. The van der Waals surface area contributed by atoms with E-state index in [-0.39, 0.29) is 11.9 Å². The molecule has 1 amide bonds. The van der Waals surface area contributed by atoms with Crippen molar-refractivity contribution in [3.63, 3.8) is 0 Å². The van der Waals surface area contributed by atoms with Gasteiger partial charge in [0.1, 0.15) is 10.7 Å². The van der Waals surface area contributed by atoms with Gasteiger partial charge in [-0.25, -0.2) is 4.98 Å². The predicted molar refractivity (Wildman–Crippen MR) is 109 cm³/mol. The third kappa shape index (κ3) is 5.16. The molecule has 138 valence electrons. The Kier molecular flexibility index (Phi) is 6.46. The number of halogens is 1. The number of likely N-dealkylation sites (tertiary alicyclic amines) is 1. The van der Waals surface area contributed by atoms with Gasteiger partial charge in [0.15, 0.2) is 0 Å². The molecule has 1 fully saturated rings. The number of piperidine rings is 1. The fourth-order valence-corrected chi connectivity index (χ4v) is 3.95. The lowest BCUT2D eigenvalue weighted by atomic mass is 10.0. The number of benzene rings is 1. The zero-order valence-corrected chi connectivity index (χ0v) is 16.7. The molecule has 1 aromatic carbocycles. The molecule has 1 aromatic heterocycles. The summed E-state index contributed by atoms with van der Waals surface area (Å²) in [6.45, 7) is 7.27. The van der Waals surface area contributed by atoms with Crippen LogP contribution in [-0.4, -0.2) is 41.5 Å². The SMILES string of the molecule is CC(C)=CCN1CCC(NC(=O)c2csc(-c3cccc(Cl)c3)n2)CC1. The highest BCUT2D eigenvalue weighted by Crippen LogP contribution is 2.26. The van der Waals surface area contributed by atoms with Crippen molar-refractivity contribution in [3.8, 4) is 10.6 Å². The average molecular weight is 390 g/mol. The summed E-state index contributed by atoms with van der Waals surface area (Å²) in [5, 5.41) is 6.43. The van der Waals surface area contributed by atoms with Gasteiger partial charge in [0, 0.05) is 41.6 Å². The maximum Gasteiger partial charge on any atom is 0.270 e. The first-order valence-electron chi connectivity index (χ1n) is 8.89. The summed E-state index contributed by atoms with van der Waals surface area (Å²) in [6.07, 6.45) is 4.22. The number of hydrogen-bond donors (Lipinski definition) is 1. The van der Waals surface area contributed by atoms with Crippen LogP contribution in [0.1, 0.15) is 37.2 Å². The van der Waals surface area contributed by atoms with Gasteiger partial charge < -0.3 is 5.32 Å². The first kappa shape index (κ1) is 19.1. The van der Waals surface area contributed by atoms with E-state index in [2.05, 4.69) is 35.1 Å². The van der Waals surface area contributed by atoms with Crippen LogP contribution < -0.4 is 5.32 Å². The van der Waals surface area contributed by atoms with E-state index in [0.717, 1.165) is 43.0 Å². The van der Waals surface area contributed by atoms with E-state index in [9.17, 15) is 4.79 Å². The van der Waals surface area contributed by atoms with E-state index >= 15 is 0 Å². The molecule has 2 heterocycles. The lowest BCUT2D eigenvalue weighted by Crippen LogP contribution is -2.44. The van der Waals surface area contributed by atoms with Crippen LogP contribution in [0.25, 0.3) is 10.6 Å². The van der Waals surface area contributed by atoms with Crippen molar-refractivity contribution >= 4 is 28.8 Å². The molecule has 1 saturated heterocycles. The number of allylic oxidation sites excluding steroid dienone is 1. The number of nitrogens with one attached hydrogen (secondary N) is 1. The predicted octanol–water partition coefficient (Wildman–Crippen LogP) is 4.62. The van der Waals surface area contributed by atoms with Crippen LogP contribution in [0.5, 0.6) is 0 Å². The van der Waals surface area contributed by atoms with Crippen molar-refractivity contribution in [1.29, 1.82) is 0 Å². The lowest BCUT2D eigenvalue weighted by molar-refractivity contribution is 0.0910. The Morgan fingerprint density at radius 3 is 2.85 bits per heavy atom. The van der Waals surface area contributed by atoms with E-state index in [1.807, 2.05) is 29.6 Å². The minimum Gasteiger partial charge on any atom is -0.348 e. The second-order valence-corrected chi connectivity index (χ2v) is 8.17. The van der Waals surface area contributed by atoms with Crippen molar-refractivity contribution < 1.29 is 4.79 Å². The zero-order valence-electron chi connectivity index (χ0n) is 15.2. The van der Waals surface area contributed by atoms with Crippen LogP contribution in [0, 0.1) is 0 Å². The maximum absolute atomic E-state index is 12.5. The van der Waals surface area contributed by atoms with Gasteiger partial charge in [-0.05, 0) is 38.8 Å². The number of carbonyl (C=O) groups excluding carboxylic acids is 1. The van der Waals surface area contributed by atoms with E-state index in [1.165, 1.54) is 16.9 Å². The van der Waals surface area contributed by atoms with Crippen molar-refractivity contribution in [2.75, 3.05) is 19.6 Å². The smallest absolute Gasteiger partial charge is 0.270 e. The van der Waals surface area contributed by atoms with E-state index in [1.54, 1.807) is 0 Å². The van der Waals surface area contributed by atoms with E-state index < -0.39 is 0 Å². The Bertz CT molecular complexity index is 790. The van der Waals surface area contributed by atoms with Crippen LogP contribution in [0.2, 0.25) is 5.02 Å². The molecule has 0 aliphatic carbocycles. The lowest BCUT2D eigenvalue weighted by Gasteiger charge is -2.31. The third-order valence-corrected chi connectivity index (χ3v) is 5.62. The van der Waals surface area contributed by atoms with Gasteiger partial charge in [-0.1, -0.05) is 35.4 Å². The minimum absolute atomic E-state index is 0.0859. The van der Waals surface area contributed by atoms with Gasteiger partial charge in [0.25, 0.3) is 5.91 Å². The van der Waals surface area contributed by atoms with Crippen molar-refractivity contribution in [2.24, 2.45) is 0 Å². The van der Waals surface area contributed by atoms with Crippen molar-refractivity contribution in [3.05, 3.63) is 52.0 Å². The summed E-state index contributed by atoms with van der Waals surface area (Å²) in [7, 11) is 0. The summed E-state index contributed by atoms with van der Waals surface area (Å²) >= 11 is 7.50. The number of aromatic nitrogens is 1. The molecule has 1 aliphatic rings. The molecule has 0 bridgehead atoms. The second kappa shape index (κ2) is 8.80. The summed E-state index contributed by atoms with van der Waals surface area (Å²) in [5.74, 6) is -0.0859. The number of nitrogens with zero attached hydrogens (tertiary/aromatic N) is 2. The largest absolute Gasteiger partial charge is 0.348 e. The highest BCUT2D eigenvalue weighted by molar-refractivity contribution is 7.13. The fraction of sp³-hybridized carbons (Fsp3) is 0.400. The first-order valence-corrected chi connectivity index (χ1v) is 10.1. The summed E-state index contributed by atoms with van der Waals surface area (Å²) < 4.78 is 0. The maximum atomic E-state index is 12.5. The average Bonchev–Trinajstić information content (AvgIpc) is 3.11. The molecule has 0 radical (unpaired) electrons. The summed E-state index contributed by atoms with van der Waals surface area (Å²) in [4.78, 5) is 19.4. The Morgan fingerprint density at radius 1 is 1.38 bits per heavy atom. The Labute approximate surface area is 163 Å². The molecule has 1 N–H and O–H groups in total. The number of amides is 1. The second-order valence-electron chi connectivity index (χ2n) is 6.88. The molecule has 4 nitrogen and oxygen atoms in total. The molecule has 1 aliphatic heterocycles. The van der Waals surface area contributed by atoms with E-state index in [4.69, 9.17) is 11.6 Å². The fourth-order valence-electron chi connectivity index (χ4n) is 2.96. The highest BCUT2D eigenvalue weighted by atomic mass is 35.5. The molecule has 0 unspecified atom stereocenters. The summed E-state index contributed by atoms with van der Waals surface area (Å²) in [5.41, 5.74) is 2.77. The van der Waals surface area contributed by atoms with E-state index in [0.29, 0.717) is 10.7 Å². The van der Waals surface area contributed by atoms with Crippen LogP contribution in [0.3, 0.4) is 0 Å². The first-order chi connectivity index (χ1) is 12.5. The third-order valence-electron chi connectivity index (χ3n) is 4.49. The molecule has 0 spiro atoms. The number of hydrogen-bond acceptors (Lipinski definition) is 4. The number of thiazole rings is 1. The van der Waals surface area contributed by atoms with Crippen LogP contribution in [-0.2, 0) is 0 Å². The minimum atomic E-state index is -0.0859. The topological polar surface area (TPSA) is 45.2 Å². The normalized spacial score (nSPS) is 15.7. The standard InChI is InChI=1S/C20H24ClN3OS/c1-14(2)6-9-24-10-7-17(8-11-24)22-19(25)18-13-26-20(23-18)15-4-3-5-16(21)12-15/h3-6,12-13,17H,7-11H2,1-2H3,(H,22,25). The van der Waals surface area contributed by atoms with Gasteiger partial charge in [-0.3, -0.25) is 9.69 Å². The van der Waals surface area contributed by atoms with Crippen molar-refractivity contribution in [2.45, 2.75) is 32.7 Å². The highest BCUT2D eigenvalue weighted by Gasteiger charge is 2.21. The molecule has 0 saturated carbocycles. The molecule has 6 heteroatoms. The molecule has 2 aromatic rings. The van der Waals surface area contributed by atoms with Crippen LogP contribution in [0.4, 0.5) is 0 Å². The summed E-state index contributed by atoms with van der Waals surface area (Å²) in [6, 6.07) is 7.76. The van der Waals surface area contributed by atoms with Gasteiger partial charge in [-0.2, -0.15) is 0 Å². The Balaban J connectivity index is 1.54. The molecule has 0 atom stereocenters. The van der Waals surface area contributed by atoms with Crippen LogP contribution >= 0.6 is 22.9 Å². The molecular formula is C20H24ClN3OS. The van der Waals surface area contributed by atoms with Crippen LogP contribution in [0.15, 0.2) is 41.3 Å². The monoisotopic (exact) mass is 389 g/mol. The molecular weight excluding hydrogens is 366 g/mol. The Morgan fingerprint density at radius 2 is 2.15 bits per heavy atom.